The molecule has 1 amide bonds. The molecule has 0 bridgehead atoms. The molecular weight excluding hydrogens is 338 g/mol. The first-order valence-electron chi connectivity index (χ1n) is 9.21. The van der Waals surface area contributed by atoms with E-state index in [2.05, 4.69) is 9.97 Å². The highest BCUT2D eigenvalue weighted by Crippen LogP contribution is 2.25. The summed E-state index contributed by atoms with van der Waals surface area (Å²) < 4.78 is 5.87. The van der Waals surface area contributed by atoms with E-state index in [-0.39, 0.29) is 12.0 Å². The number of aromatic amines is 1. The Bertz CT molecular complexity index is 932. The van der Waals surface area contributed by atoms with E-state index in [0.717, 1.165) is 28.3 Å². The molecule has 138 valence electrons. The molecule has 2 aromatic carbocycles. The molecule has 1 aliphatic heterocycles. The SMILES string of the molecule is Cc1nc(-c2ccc(C(=O)N3CCO[C@H](c4ccccc4)C3)cc2)c(C)[nH]1. The van der Waals surface area contributed by atoms with E-state index < -0.39 is 0 Å². The van der Waals surface area contributed by atoms with Gasteiger partial charge in [-0.05, 0) is 31.5 Å². The second-order valence-electron chi connectivity index (χ2n) is 6.89. The number of hydrogen-bond donors (Lipinski definition) is 1. The number of carbonyl (C=O) groups excluding carboxylic acids is 1. The van der Waals surface area contributed by atoms with Gasteiger partial charge in [0.05, 0.1) is 18.8 Å². The zero-order chi connectivity index (χ0) is 18.8. The lowest BCUT2D eigenvalue weighted by atomic mass is 10.1. The first kappa shape index (κ1) is 17.5. The van der Waals surface area contributed by atoms with Crippen LogP contribution < -0.4 is 0 Å². The number of H-pyrrole nitrogens is 1. The third kappa shape index (κ3) is 3.64. The third-order valence-corrected chi connectivity index (χ3v) is 4.93. The van der Waals surface area contributed by atoms with Gasteiger partial charge in [-0.25, -0.2) is 4.98 Å². The molecule has 5 heteroatoms. The number of morpholine rings is 1. The molecule has 1 aromatic heterocycles. The van der Waals surface area contributed by atoms with Crippen molar-refractivity contribution in [1.82, 2.24) is 14.9 Å². The second kappa shape index (κ2) is 7.37. The smallest absolute Gasteiger partial charge is 0.254 e. The van der Waals surface area contributed by atoms with Crippen molar-refractivity contribution in [3.63, 3.8) is 0 Å². The number of ether oxygens (including phenoxy) is 1. The molecule has 1 saturated heterocycles. The lowest BCUT2D eigenvalue weighted by Gasteiger charge is -2.33. The van der Waals surface area contributed by atoms with Crippen LogP contribution in [0.25, 0.3) is 11.3 Å². The number of hydrogen-bond acceptors (Lipinski definition) is 3. The normalized spacial score (nSPS) is 17.1. The van der Waals surface area contributed by atoms with Gasteiger partial charge in [0.2, 0.25) is 0 Å². The number of aryl methyl sites for hydroxylation is 2. The van der Waals surface area contributed by atoms with Gasteiger partial charge in [0.15, 0.2) is 0 Å². The van der Waals surface area contributed by atoms with E-state index in [1.165, 1.54) is 0 Å². The molecule has 1 fully saturated rings. The molecule has 0 saturated carbocycles. The Balaban J connectivity index is 1.50. The monoisotopic (exact) mass is 361 g/mol. The molecule has 5 nitrogen and oxygen atoms in total. The summed E-state index contributed by atoms with van der Waals surface area (Å²) >= 11 is 0. The summed E-state index contributed by atoms with van der Waals surface area (Å²) in [5, 5.41) is 0. The molecule has 27 heavy (non-hydrogen) atoms. The quantitative estimate of drug-likeness (QED) is 0.769. The molecule has 1 N–H and O–H groups in total. The summed E-state index contributed by atoms with van der Waals surface area (Å²) in [5.41, 5.74) is 4.78. The summed E-state index contributed by atoms with van der Waals surface area (Å²) in [6.45, 7) is 5.68. The summed E-state index contributed by atoms with van der Waals surface area (Å²) in [5.74, 6) is 0.934. The van der Waals surface area contributed by atoms with Gasteiger partial charge >= 0.3 is 0 Å². The molecule has 4 rings (SSSR count). The maximum Gasteiger partial charge on any atom is 0.254 e. The van der Waals surface area contributed by atoms with Crippen LogP contribution in [-0.2, 0) is 4.74 Å². The lowest BCUT2D eigenvalue weighted by Crippen LogP contribution is -2.42. The Morgan fingerprint density at radius 3 is 2.52 bits per heavy atom. The van der Waals surface area contributed by atoms with Crippen molar-refractivity contribution in [3.05, 3.63) is 77.2 Å². The Hall–Kier alpha value is -2.92. The molecular formula is C22H23N3O2. The molecule has 0 spiro atoms. The van der Waals surface area contributed by atoms with Gasteiger partial charge in [0, 0.05) is 23.4 Å². The molecule has 1 aliphatic rings. The molecule has 0 aliphatic carbocycles. The minimum atomic E-state index is -0.0714. The summed E-state index contributed by atoms with van der Waals surface area (Å²) in [6, 6.07) is 17.8. The highest BCUT2D eigenvalue weighted by molar-refractivity contribution is 5.94. The van der Waals surface area contributed by atoms with Gasteiger partial charge in [0.1, 0.15) is 11.9 Å². The van der Waals surface area contributed by atoms with Crippen LogP contribution in [0.3, 0.4) is 0 Å². The minimum absolute atomic E-state index is 0.0423. The first-order chi connectivity index (χ1) is 13.1. The van der Waals surface area contributed by atoms with Gasteiger partial charge in [-0.3, -0.25) is 4.79 Å². The van der Waals surface area contributed by atoms with Crippen molar-refractivity contribution < 1.29 is 9.53 Å². The van der Waals surface area contributed by atoms with Gasteiger partial charge in [-0.1, -0.05) is 42.5 Å². The van der Waals surface area contributed by atoms with Crippen molar-refractivity contribution in [2.75, 3.05) is 19.7 Å². The zero-order valence-electron chi connectivity index (χ0n) is 15.6. The van der Waals surface area contributed by atoms with Gasteiger partial charge in [0.25, 0.3) is 5.91 Å². The van der Waals surface area contributed by atoms with Crippen molar-refractivity contribution in [2.45, 2.75) is 20.0 Å². The van der Waals surface area contributed by atoms with E-state index >= 15 is 0 Å². The lowest BCUT2D eigenvalue weighted by molar-refractivity contribution is -0.0228. The molecule has 2 heterocycles. The van der Waals surface area contributed by atoms with Gasteiger partial charge in [-0.2, -0.15) is 0 Å². The number of nitrogens with zero attached hydrogens (tertiary/aromatic N) is 2. The summed E-state index contributed by atoms with van der Waals surface area (Å²) in [6.07, 6.45) is -0.0714. The predicted molar refractivity (Wildman–Crippen MR) is 105 cm³/mol. The fourth-order valence-electron chi connectivity index (χ4n) is 3.55. The van der Waals surface area contributed by atoms with E-state index in [9.17, 15) is 4.79 Å². The highest BCUT2D eigenvalue weighted by atomic mass is 16.5. The van der Waals surface area contributed by atoms with Crippen LogP contribution in [0.2, 0.25) is 0 Å². The van der Waals surface area contributed by atoms with Crippen molar-refractivity contribution in [2.24, 2.45) is 0 Å². The molecule has 0 unspecified atom stereocenters. The maximum atomic E-state index is 12.9. The molecule has 3 aromatic rings. The number of rotatable bonds is 3. The summed E-state index contributed by atoms with van der Waals surface area (Å²) in [4.78, 5) is 22.6. The standard InChI is InChI=1S/C22H23N3O2/c1-15-21(24-16(2)23-15)18-8-10-19(11-9-18)22(26)25-12-13-27-20(14-25)17-6-4-3-5-7-17/h3-11,20H,12-14H2,1-2H3,(H,23,24)/t20-/m0/s1. The Kier molecular flexibility index (Phi) is 4.77. The fraction of sp³-hybridized carbons (Fsp3) is 0.273. The molecule has 0 radical (unpaired) electrons. The second-order valence-corrected chi connectivity index (χ2v) is 6.89. The topological polar surface area (TPSA) is 58.2 Å². The number of nitrogens with one attached hydrogen (secondary N) is 1. The van der Waals surface area contributed by atoms with Crippen LogP contribution in [-0.4, -0.2) is 40.5 Å². The van der Waals surface area contributed by atoms with Gasteiger partial charge in [-0.15, -0.1) is 0 Å². The van der Waals surface area contributed by atoms with E-state index in [1.807, 2.05) is 73.3 Å². The van der Waals surface area contributed by atoms with E-state index in [0.29, 0.717) is 25.3 Å². The number of amides is 1. The van der Waals surface area contributed by atoms with Crippen LogP contribution in [0.5, 0.6) is 0 Å². The number of imidazole rings is 1. The Morgan fingerprint density at radius 2 is 1.85 bits per heavy atom. The fourth-order valence-corrected chi connectivity index (χ4v) is 3.55. The van der Waals surface area contributed by atoms with Crippen LogP contribution in [0.4, 0.5) is 0 Å². The first-order valence-corrected chi connectivity index (χ1v) is 9.21. The van der Waals surface area contributed by atoms with Crippen molar-refractivity contribution >= 4 is 5.91 Å². The summed E-state index contributed by atoms with van der Waals surface area (Å²) in [7, 11) is 0. The Morgan fingerprint density at radius 1 is 1.11 bits per heavy atom. The third-order valence-electron chi connectivity index (χ3n) is 4.93. The van der Waals surface area contributed by atoms with Gasteiger partial charge < -0.3 is 14.6 Å². The largest absolute Gasteiger partial charge is 0.370 e. The number of benzene rings is 2. The van der Waals surface area contributed by atoms with Crippen molar-refractivity contribution in [3.8, 4) is 11.3 Å². The Labute approximate surface area is 159 Å². The number of aromatic nitrogens is 2. The predicted octanol–water partition coefficient (Wildman–Crippen LogP) is 3.91. The maximum absolute atomic E-state index is 12.9. The highest BCUT2D eigenvalue weighted by Gasteiger charge is 2.26. The van der Waals surface area contributed by atoms with E-state index in [1.54, 1.807) is 0 Å². The minimum Gasteiger partial charge on any atom is -0.370 e. The van der Waals surface area contributed by atoms with Crippen molar-refractivity contribution in [1.29, 1.82) is 0 Å². The average Bonchev–Trinajstić information content (AvgIpc) is 3.06. The van der Waals surface area contributed by atoms with Crippen LogP contribution in [0.1, 0.15) is 33.5 Å². The molecule has 1 atom stereocenters. The van der Waals surface area contributed by atoms with E-state index in [4.69, 9.17) is 4.74 Å². The van der Waals surface area contributed by atoms with Crippen LogP contribution >= 0.6 is 0 Å². The van der Waals surface area contributed by atoms with Crippen LogP contribution in [0, 0.1) is 13.8 Å². The zero-order valence-corrected chi connectivity index (χ0v) is 15.6. The average molecular weight is 361 g/mol. The number of carbonyl (C=O) groups is 1. The van der Waals surface area contributed by atoms with Crippen LogP contribution in [0.15, 0.2) is 54.6 Å².